The zero-order chi connectivity index (χ0) is 21.6. The highest BCUT2D eigenvalue weighted by Gasteiger charge is 2.32. The average Bonchev–Trinajstić information content (AvgIpc) is 2.80. The number of ether oxygens (including phenoxy) is 1. The summed E-state index contributed by atoms with van der Waals surface area (Å²) in [4.78, 5) is 14.8. The minimum absolute atomic E-state index is 0.0991. The zero-order valence-corrected chi connectivity index (χ0v) is 17.7. The Labute approximate surface area is 183 Å². The number of benzene rings is 3. The Bertz CT molecular complexity index is 987. The molecule has 0 unspecified atom stereocenters. The summed E-state index contributed by atoms with van der Waals surface area (Å²) in [5, 5.41) is 12.9. The van der Waals surface area contributed by atoms with Crippen LogP contribution in [0.5, 0.6) is 11.5 Å². The molecule has 4 rings (SSSR count). The van der Waals surface area contributed by atoms with E-state index < -0.39 is 0 Å². The van der Waals surface area contributed by atoms with Gasteiger partial charge in [0.25, 0.3) is 0 Å². The van der Waals surface area contributed by atoms with Crippen LogP contribution >= 0.6 is 0 Å². The lowest BCUT2D eigenvalue weighted by Gasteiger charge is -2.38. The van der Waals surface area contributed by atoms with E-state index in [4.69, 9.17) is 4.74 Å². The fraction of sp³-hybridized carbons (Fsp3) is 0.269. The lowest BCUT2D eigenvalue weighted by Crippen LogP contribution is -2.60. The van der Waals surface area contributed by atoms with Crippen LogP contribution in [0.25, 0.3) is 0 Å². The Morgan fingerprint density at radius 3 is 2.26 bits per heavy atom. The zero-order valence-electron chi connectivity index (χ0n) is 17.7. The third-order valence-corrected chi connectivity index (χ3v) is 5.81. The van der Waals surface area contributed by atoms with Gasteiger partial charge in [-0.3, -0.25) is 4.79 Å². The Hall–Kier alpha value is -3.31. The van der Waals surface area contributed by atoms with Gasteiger partial charge < -0.3 is 20.1 Å². The van der Waals surface area contributed by atoms with E-state index >= 15 is 0 Å². The molecule has 1 aliphatic rings. The molecule has 1 fully saturated rings. The van der Waals surface area contributed by atoms with Crippen molar-refractivity contribution < 1.29 is 14.6 Å². The van der Waals surface area contributed by atoms with E-state index in [0.717, 1.165) is 35.4 Å². The van der Waals surface area contributed by atoms with E-state index in [2.05, 4.69) is 5.32 Å². The summed E-state index contributed by atoms with van der Waals surface area (Å²) in [6, 6.07) is 25.1. The molecule has 0 aromatic heterocycles. The van der Waals surface area contributed by atoms with E-state index in [1.165, 1.54) is 0 Å². The number of phenols is 1. The van der Waals surface area contributed by atoms with E-state index in [9.17, 15) is 9.90 Å². The number of rotatable bonds is 7. The van der Waals surface area contributed by atoms with Gasteiger partial charge in [-0.05, 0) is 53.8 Å². The molecule has 0 spiro atoms. The van der Waals surface area contributed by atoms with Crippen LogP contribution in [-0.2, 0) is 24.2 Å². The highest BCUT2D eigenvalue weighted by molar-refractivity contribution is 5.83. The molecule has 0 bridgehead atoms. The standard InChI is InChI=1S/C26H28N2O3/c1-28-22(15-19-7-11-23(29)12-8-19)17-27-25(26(28)30)16-20-9-13-24(14-10-20)31-18-21-5-3-2-4-6-21/h2-14,22,25,27,29H,15-18H2,1H3/t22-,25+/m1/s1. The summed E-state index contributed by atoms with van der Waals surface area (Å²) < 4.78 is 5.85. The predicted octanol–water partition coefficient (Wildman–Crippen LogP) is 3.56. The van der Waals surface area contributed by atoms with Crippen LogP contribution in [0.15, 0.2) is 78.9 Å². The molecule has 160 valence electrons. The number of piperazine rings is 1. The van der Waals surface area contributed by atoms with Crippen molar-refractivity contribution in [1.82, 2.24) is 10.2 Å². The largest absolute Gasteiger partial charge is 0.508 e. The minimum Gasteiger partial charge on any atom is -0.508 e. The molecule has 3 aromatic carbocycles. The van der Waals surface area contributed by atoms with Gasteiger partial charge in [0.2, 0.25) is 5.91 Å². The summed E-state index contributed by atoms with van der Waals surface area (Å²) in [5.74, 6) is 1.19. The monoisotopic (exact) mass is 416 g/mol. The summed E-state index contributed by atoms with van der Waals surface area (Å²) >= 11 is 0. The number of carbonyl (C=O) groups is 1. The van der Waals surface area contributed by atoms with Crippen LogP contribution in [-0.4, -0.2) is 41.6 Å². The Kier molecular flexibility index (Phi) is 6.53. The van der Waals surface area contributed by atoms with Crippen LogP contribution < -0.4 is 10.1 Å². The van der Waals surface area contributed by atoms with Crippen molar-refractivity contribution in [2.75, 3.05) is 13.6 Å². The summed E-state index contributed by atoms with van der Waals surface area (Å²) in [7, 11) is 1.88. The molecular weight excluding hydrogens is 388 g/mol. The number of hydrogen-bond acceptors (Lipinski definition) is 4. The Morgan fingerprint density at radius 2 is 1.55 bits per heavy atom. The van der Waals surface area contributed by atoms with Gasteiger partial charge in [-0.2, -0.15) is 0 Å². The second-order valence-electron chi connectivity index (χ2n) is 8.06. The van der Waals surface area contributed by atoms with Crippen LogP contribution in [0.4, 0.5) is 0 Å². The van der Waals surface area contributed by atoms with Crippen molar-refractivity contribution in [1.29, 1.82) is 0 Å². The van der Waals surface area contributed by atoms with Crippen molar-refractivity contribution in [3.63, 3.8) is 0 Å². The maximum absolute atomic E-state index is 12.9. The molecule has 1 amide bonds. The molecule has 1 aliphatic heterocycles. The molecule has 3 aromatic rings. The van der Waals surface area contributed by atoms with Crippen molar-refractivity contribution in [2.24, 2.45) is 0 Å². The topological polar surface area (TPSA) is 61.8 Å². The second kappa shape index (κ2) is 9.67. The van der Waals surface area contributed by atoms with Gasteiger partial charge in [-0.25, -0.2) is 0 Å². The van der Waals surface area contributed by atoms with Gasteiger partial charge >= 0.3 is 0 Å². The first-order chi connectivity index (χ1) is 15.1. The smallest absolute Gasteiger partial charge is 0.240 e. The summed E-state index contributed by atoms with van der Waals surface area (Å²) in [6.07, 6.45) is 1.41. The number of amides is 1. The highest BCUT2D eigenvalue weighted by Crippen LogP contribution is 2.19. The van der Waals surface area contributed by atoms with Crippen molar-refractivity contribution in [2.45, 2.75) is 31.5 Å². The van der Waals surface area contributed by atoms with Gasteiger partial charge in [0, 0.05) is 19.6 Å². The third-order valence-electron chi connectivity index (χ3n) is 5.81. The summed E-state index contributed by atoms with van der Waals surface area (Å²) in [6.45, 7) is 1.28. The van der Waals surface area contributed by atoms with Gasteiger partial charge in [-0.15, -0.1) is 0 Å². The number of nitrogens with one attached hydrogen (secondary N) is 1. The molecule has 0 radical (unpaired) electrons. The molecule has 1 saturated heterocycles. The van der Waals surface area contributed by atoms with Crippen LogP contribution in [0.2, 0.25) is 0 Å². The van der Waals surface area contributed by atoms with Gasteiger partial charge in [0.05, 0.1) is 6.04 Å². The quantitative estimate of drug-likeness (QED) is 0.618. The van der Waals surface area contributed by atoms with Gasteiger partial charge in [-0.1, -0.05) is 54.6 Å². The molecular formula is C26H28N2O3. The Morgan fingerprint density at radius 1 is 0.903 bits per heavy atom. The second-order valence-corrected chi connectivity index (χ2v) is 8.06. The molecule has 5 nitrogen and oxygen atoms in total. The maximum Gasteiger partial charge on any atom is 0.240 e. The fourth-order valence-corrected chi connectivity index (χ4v) is 3.90. The summed E-state index contributed by atoms with van der Waals surface area (Å²) in [5.41, 5.74) is 3.34. The van der Waals surface area contributed by atoms with Crippen LogP contribution in [0.1, 0.15) is 16.7 Å². The number of aromatic hydroxyl groups is 1. The third kappa shape index (κ3) is 5.44. The molecule has 2 atom stereocenters. The lowest BCUT2D eigenvalue weighted by atomic mass is 9.97. The fourth-order valence-electron chi connectivity index (χ4n) is 3.90. The molecule has 0 aliphatic carbocycles. The molecule has 31 heavy (non-hydrogen) atoms. The van der Waals surface area contributed by atoms with Crippen molar-refractivity contribution in [3.8, 4) is 11.5 Å². The Balaban J connectivity index is 1.30. The van der Waals surface area contributed by atoms with E-state index in [1.807, 2.05) is 78.7 Å². The molecule has 1 heterocycles. The normalized spacial score (nSPS) is 18.7. The average molecular weight is 417 g/mol. The van der Waals surface area contributed by atoms with E-state index in [1.54, 1.807) is 12.1 Å². The first-order valence-electron chi connectivity index (χ1n) is 10.6. The number of likely N-dealkylation sites (N-methyl/N-ethyl adjacent to an activating group) is 1. The van der Waals surface area contributed by atoms with Crippen LogP contribution in [0.3, 0.4) is 0 Å². The first-order valence-corrected chi connectivity index (χ1v) is 10.6. The minimum atomic E-state index is -0.225. The first kappa shape index (κ1) is 20.9. The maximum atomic E-state index is 12.9. The number of hydrogen-bond donors (Lipinski definition) is 2. The van der Waals surface area contributed by atoms with Crippen LogP contribution in [0, 0.1) is 0 Å². The SMILES string of the molecule is CN1C(=O)[C@H](Cc2ccc(OCc3ccccc3)cc2)NC[C@H]1Cc1ccc(O)cc1. The van der Waals surface area contributed by atoms with Gasteiger partial charge in [0.1, 0.15) is 18.1 Å². The van der Waals surface area contributed by atoms with Gasteiger partial charge in [0.15, 0.2) is 0 Å². The molecule has 5 heteroatoms. The molecule has 2 N–H and O–H groups in total. The number of nitrogens with zero attached hydrogens (tertiary/aromatic N) is 1. The molecule has 0 saturated carbocycles. The van der Waals surface area contributed by atoms with E-state index in [-0.39, 0.29) is 23.7 Å². The predicted molar refractivity (Wildman–Crippen MR) is 121 cm³/mol. The number of phenolic OH excluding ortho intramolecular Hbond substituents is 1. The van der Waals surface area contributed by atoms with Crippen molar-refractivity contribution in [3.05, 3.63) is 95.6 Å². The lowest BCUT2D eigenvalue weighted by molar-refractivity contribution is -0.136. The van der Waals surface area contributed by atoms with E-state index in [0.29, 0.717) is 13.0 Å². The van der Waals surface area contributed by atoms with Crippen molar-refractivity contribution >= 4 is 5.91 Å². The number of carbonyl (C=O) groups excluding carboxylic acids is 1. The highest BCUT2D eigenvalue weighted by atomic mass is 16.5.